The summed E-state index contributed by atoms with van der Waals surface area (Å²) in [6.45, 7) is 16.4. The van der Waals surface area contributed by atoms with E-state index in [0.29, 0.717) is 6.04 Å². The third-order valence-electron chi connectivity index (χ3n) is 2.31. The van der Waals surface area contributed by atoms with E-state index < -0.39 is 0 Å². The molecule has 0 radical (unpaired) electrons. The summed E-state index contributed by atoms with van der Waals surface area (Å²) in [6.07, 6.45) is 1.80. The lowest BCUT2D eigenvalue weighted by atomic mass is 10.2. The largest absolute Gasteiger partial charge is 0.363 e. The summed E-state index contributed by atoms with van der Waals surface area (Å²) in [5, 5.41) is 0. The third kappa shape index (κ3) is 1.57. The van der Waals surface area contributed by atoms with Crippen LogP contribution in [0.25, 0.3) is 0 Å². The minimum absolute atomic E-state index is 0.446. The number of aliphatic imine (C=N–C) groups is 1. The highest BCUT2D eigenvalue weighted by molar-refractivity contribution is 5.48. The lowest BCUT2D eigenvalue weighted by Crippen LogP contribution is -2.27. The Hall–Kier alpha value is -1.31. The number of nitrogens with zero attached hydrogens (tertiary/aromatic N) is 2. The van der Waals surface area contributed by atoms with E-state index >= 15 is 0 Å². The molecule has 0 amide bonds. The SMILES string of the molecule is C=CC1=C(N=C)CN(C(C)C)C1=C. The molecule has 1 aliphatic heterocycles. The fourth-order valence-corrected chi connectivity index (χ4v) is 1.53. The van der Waals surface area contributed by atoms with Gasteiger partial charge in [-0.3, -0.25) is 4.99 Å². The molecule has 0 N–H and O–H groups in total. The van der Waals surface area contributed by atoms with Crippen molar-refractivity contribution in [1.29, 1.82) is 0 Å². The maximum atomic E-state index is 4.02. The zero-order valence-electron chi connectivity index (χ0n) is 8.38. The molecule has 0 spiro atoms. The summed E-state index contributed by atoms with van der Waals surface area (Å²) >= 11 is 0. The van der Waals surface area contributed by atoms with E-state index in [1.165, 1.54) is 0 Å². The van der Waals surface area contributed by atoms with Gasteiger partial charge in [-0.25, -0.2) is 0 Å². The van der Waals surface area contributed by atoms with Crippen molar-refractivity contribution in [2.75, 3.05) is 6.54 Å². The van der Waals surface area contributed by atoms with Gasteiger partial charge in [-0.2, -0.15) is 0 Å². The number of rotatable bonds is 3. The first-order valence-electron chi connectivity index (χ1n) is 4.40. The summed E-state index contributed by atoms with van der Waals surface area (Å²) in [5.74, 6) is 0. The predicted octanol–water partition coefficient (Wildman–Crippen LogP) is 2.36. The molecule has 0 unspecified atom stereocenters. The van der Waals surface area contributed by atoms with Gasteiger partial charge in [0.05, 0.1) is 12.2 Å². The van der Waals surface area contributed by atoms with Gasteiger partial charge in [-0.15, -0.1) is 0 Å². The van der Waals surface area contributed by atoms with Crippen molar-refractivity contribution in [2.24, 2.45) is 4.99 Å². The lowest BCUT2D eigenvalue weighted by molar-refractivity contribution is 0.330. The average molecular weight is 176 g/mol. The topological polar surface area (TPSA) is 15.6 Å². The maximum absolute atomic E-state index is 4.02. The Kier molecular flexibility index (Phi) is 2.71. The van der Waals surface area contributed by atoms with Crippen LogP contribution in [0.3, 0.4) is 0 Å². The van der Waals surface area contributed by atoms with E-state index in [9.17, 15) is 0 Å². The Bertz CT molecular complexity index is 284. The minimum Gasteiger partial charge on any atom is -0.363 e. The molecule has 0 atom stereocenters. The summed E-state index contributed by atoms with van der Waals surface area (Å²) in [4.78, 5) is 6.17. The van der Waals surface area contributed by atoms with Gasteiger partial charge in [-0.05, 0) is 20.6 Å². The van der Waals surface area contributed by atoms with E-state index in [1.807, 2.05) is 0 Å². The molecule has 2 nitrogen and oxygen atoms in total. The molecule has 13 heavy (non-hydrogen) atoms. The molecule has 0 fully saturated rings. The second-order valence-electron chi connectivity index (χ2n) is 3.39. The molecule has 0 aromatic heterocycles. The van der Waals surface area contributed by atoms with Gasteiger partial charge in [-0.1, -0.05) is 19.2 Å². The monoisotopic (exact) mass is 176 g/mol. The molecule has 1 heterocycles. The molecule has 1 rings (SSSR count). The van der Waals surface area contributed by atoms with Crippen molar-refractivity contribution in [1.82, 2.24) is 4.90 Å². The van der Waals surface area contributed by atoms with Crippen molar-refractivity contribution >= 4 is 6.72 Å². The second-order valence-corrected chi connectivity index (χ2v) is 3.39. The number of hydrogen-bond donors (Lipinski definition) is 0. The minimum atomic E-state index is 0.446. The molecule has 0 aliphatic carbocycles. The van der Waals surface area contributed by atoms with Crippen LogP contribution < -0.4 is 0 Å². The van der Waals surface area contributed by atoms with Crippen molar-refractivity contribution in [3.8, 4) is 0 Å². The first kappa shape index (κ1) is 9.78. The van der Waals surface area contributed by atoms with Crippen LogP contribution in [-0.2, 0) is 0 Å². The quantitative estimate of drug-likeness (QED) is 0.603. The van der Waals surface area contributed by atoms with Crippen molar-refractivity contribution < 1.29 is 0 Å². The molecule has 0 aromatic carbocycles. The van der Waals surface area contributed by atoms with Crippen LogP contribution in [0.1, 0.15) is 13.8 Å². The average Bonchev–Trinajstić information content (AvgIpc) is 2.41. The summed E-state index contributed by atoms with van der Waals surface area (Å²) in [7, 11) is 0. The maximum Gasteiger partial charge on any atom is 0.0682 e. The third-order valence-corrected chi connectivity index (χ3v) is 2.31. The normalized spacial score (nSPS) is 17.2. The Morgan fingerprint density at radius 1 is 1.54 bits per heavy atom. The Balaban J connectivity index is 2.97. The second kappa shape index (κ2) is 3.60. The highest BCUT2D eigenvalue weighted by atomic mass is 15.2. The van der Waals surface area contributed by atoms with Crippen molar-refractivity contribution in [2.45, 2.75) is 19.9 Å². The van der Waals surface area contributed by atoms with Gasteiger partial charge in [0.25, 0.3) is 0 Å². The predicted molar refractivity (Wildman–Crippen MR) is 57.8 cm³/mol. The molecule has 0 saturated carbocycles. The van der Waals surface area contributed by atoms with Crippen LogP contribution >= 0.6 is 0 Å². The summed E-state index contributed by atoms with van der Waals surface area (Å²) in [6, 6.07) is 0.446. The van der Waals surface area contributed by atoms with Crippen molar-refractivity contribution in [3.63, 3.8) is 0 Å². The fraction of sp³-hybridized carbons (Fsp3) is 0.364. The van der Waals surface area contributed by atoms with Crippen LogP contribution in [-0.4, -0.2) is 24.2 Å². The Labute approximate surface area is 80.0 Å². The summed E-state index contributed by atoms with van der Waals surface area (Å²) in [5.41, 5.74) is 3.02. The van der Waals surface area contributed by atoms with Gasteiger partial charge in [0.1, 0.15) is 0 Å². The number of allylic oxidation sites excluding steroid dienone is 1. The van der Waals surface area contributed by atoms with Gasteiger partial charge in [0.2, 0.25) is 0 Å². The highest BCUT2D eigenvalue weighted by Gasteiger charge is 2.24. The summed E-state index contributed by atoms with van der Waals surface area (Å²) < 4.78 is 0. The van der Waals surface area contributed by atoms with E-state index in [0.717, 1.165) is 23.5 Å². The van der Waals surface area contributed by atoms with Crippen LogP contribution in [0.5, 0.6) is 0 Å². The van der Waals surface area contributed by atoms with Gasteiger partial charge in [0, 0.05) is 17.3 Å². The Morgan fingerprint density at radius 2 is 2.15 bits per heavy atom. The van der Waals surface area contributed by atoms with Crippen LogP contribution in [0.2, 0.25) is 0 Å². The van der Waals surface area contributed by atoms with E-state index in [1.54, 1.807) is 6.08 Å². The fourth-order valence-electron chi connectivity index (χ4n) is 1.53. The zero-order chi connectivity index (χ0) is 10.0. The van der Waals surface area contributed by atoms with Gasteiger partial charge >= 0.3 is 0 Å². The standard InChI is InChI=1S/C11H16N2/c1-6-10-9(4)13(8(2)3)7-11(10)12-5/h6,8H,1,4-5,7H2,2-3H3. The lowest BCUT2D eigenvalue weighted by Gasteiger charge is -2.24. The van der Waals surface area contributed by atoms with E-state index in [2.05, 4.69) is 43.6 Å². The molecule has 0 aromatic rings. The van der Waals surface area contributed by atoms with Gasteiger partial charge in [0.15, 0.2) is 0 Å². The molecule has 1 aliphatic rings. The van der Waals surface area contributed by atoms with E-state index in [-0.39, 0.29) is 0 Å². The zero-order valence-corrected chi connectivity index (χ0v) is 8.38. The molecule has 0 saturated heterocycles. The smallest absolute Gasteiger partial charge is 0.0682 e. The van der Waals surface area contributed by atoms with E-state index in [4.69, 9.17) is 0 Å². The molecular weight excluding hydrogens is 160 g/mol. The first-order valence-corrected chi connectivity index (χ1v) is 4.40. The highest BCUT2D eigenvalue weighted by Crippen LogP contribution is 2.29. The Morgan fingerprint density at radius 3 is 2.46 bits per heavy atom. The van der Waals surface area contributed by atoms with Gasteiger partial charge < -0.3 is 4.90 Å². The molecule has 2 heteroatoms. The first-order chi connectivity index (χ1) is 6.11. The van der Waals surface area contributed by atoms with Crippen LogP contribution in [0, 0.1) is 0 Å². The molecule has 70 valence electrons. The molecular formula is C11H16N2. The number of hydrogen-bond acceptors (Lipinski definition) is 2. The van der Waals surface area contributed by atoms with Crippen molar-refractivity contribution in [3.05, 3.63) is 36.2 Å². The van der Waals surface area contributed by atoms with Crippen LogP contribution in [0.15, 0.2) is 41.2 Å². The van der Waals surface area contributed by atoms with Crippen LogP contribution in [0.4, 0.5) is 0 Å². The molecule has 0 bridgehead atoms.